The van der Waals surface area contributed by atoms with Gasteiger partial charge in [0.25, 0.3) is 5.69 Å². The molecule has 0 saturated heterocycles. The molecule has 0 saturated carbocycles. The van der Waals surface area contributed by atoms with E-state index in [0.29, 0.717) is 0 Å². The lowest BCUT2D eigenvalue weighted by Crippen LogP contribution is -2.02. The Hall–Kier alpha value is -1.90. The smallest absolute Gasteiger partial charge is 0.258 e. The second-order valence-corrected chi connectivity index (χ2v) is 4.58. The highest BCUT2D eigenvalue weighted by Crippen LogP contribution is 2.31. The van der Waals surface area contributed by atoms with Crippen molar-refractivity contribution >= 4 is 16.5 Å². The van der Waals surface area contributed by atoms with E-state index in [1.807, 2.05) is 12.1 Å². The topological polar surface area (TPSA) is 43.1 Å². The Balaban J connectivity index is 2.30. The van der Waals surface area contributed by atoms with Gasteiger partial charge in [0.05, 0.1) is 10.3 Å². The Morgan fingerprint density at radius 1 is 1.06 bits per heavy atom. The molecular weight excluding hydrogens is 214 g/mol. The van der Waals surface area contributed by atoms with E-state index in [0.717, 1.165) is 23.6 Å². The zero-order valence-electron chi connectivity index (χ0n) is 9.48. The van der Waals surface area contributed by atoms with Crippen LogP contribution in [0.2, 0.25) is 0 Å². The van der Waals surface area contributed by atoms with E-state index in [4.69, 9.17) is 0 Å². The van der Waals surface area contributed by atoms with Crippen LogP contribution in [0, 0.1) is 10.1 Å². The summed E-state index contributed by atoms with van der Waals surface area (Å²) in [5.41, 5.74) is 2.87. The molecule has 2 aromatic carbocycles. The van der Waals surface area contributed by atoms with Crippen molar-refractivity contribution in [1.82, 2.24) is 0 Å². The highest BCUT2D eigenvalue weighted by molar-refractivity contribution is 5.92. The van der Waals surface area contributed by atoms with Crippen LogP contribution >= 0.6 is 0 Å². The fraction of sp³-hybridized carbons (Fsp3) is 0.286. The average Bonchev–Trinajstić information content (AvgIpc) is 2.35. The van der Waals surface area contributed by atoms with E-state index in [1.165, 1.54) is 24.0 Å². The van der Waals surface area contributed by atoms with Crippen LogP contribution in [0.1, 0.15) is 24.0 Å². The largest absolute Gasteiger partial charge is 0.277 e. The molecule has 0 radical (unpaired) electrons. The lowest BCUT2D eigenvalue weighted by Gasteiger charge is -2.16. The average molecular weight is 227 g/mol. The molecule has 0 fully saturated rings. The predicted octanol–water partition coefficient (Wildman–Crippen LogP) is 3.63. The zero-order valence-corrected chi connectivity index (χ0v) is 9.48. The van der Waals surface area contributed by atoms with Gasteiger partial charge in [-0.3, -0.25) is 10.1 Å². The summed E-state index contributed by atoms with van der Waals surface area (Å²) in [5, 5.41) is 12.8. The molecule has 0 aliphatic heterocycles. The second kappa shape index (κ2) is 3.84. The van der Waals surface area contributed by atoms with Crippen molar-refractivity contribution < 1.29 is 4.92 Å². The number of fused-ring (bicyclic) bond motifs is 2. The first-order valence-corrected chi connectivity index (χ1v) is 5.94. The Bertz CT molecular complexity index is 604. The molecule has 3 rings (SSSR count). The number of hydrogen-bond acceptors (Lipinski definition) is 2. The van der Waals surface area contributed by atoms with E-state index in [1.54, 1.807) is 12.1 Å². The highest BCUT2D eigenvalue weighted by atomic mass is 16.6. The summed E-state index contributed by atoms with van der Waals surface area (Å²) in [6, 6.07) is 9.43. The van der Waals surface area contributed by atoms with Gasteiger partial charge in [0.1, 0.15) is 0 Å². The first-order valence-electron chi connectivity index (χ1n) is 5.94. The van der Waals surface area contributed by atoms with Gasteiger partial charge in [0.15, 0.2) is 0 Å². The fourth-order valence-electron chi connectivity index (χ4n) is 2.66. The van der Waals surface area contributed by atoms with Crippen molar-refractivity contribution in [3.8, 4) is 0 Å². The number of benzene rings is 2. The molecule has 3 nitrogen and oxygen atoms in total. The summed E-state index contributed by atoms with van der Waals surface area (Å²) in [6.07, 6.45) is 4.58. The maximum absolute atomic E-state index is 11.0. The first-order chi connectivity index (χ1) is 8.25. The second-order valence-electron chi connectivity index (χ2n) is 4.58. The summed E-state index contributed by atoms with van der Waals surface area (Å²) in [4.78, 5) is 10.7. The summed E-state index contributed by atoms with van der Waals surface area (Å²) in [5.74, 6) is 0. The molecule has 17 heavy (non-hydrogen) atoms. The molecule has 0 bridgehead atoms. The molecule has 0 atom stereocenters. The Morgan fingerprint density at radius 2 is 1.76 bits per heavy atom. The molecule has 0 aromatic heterocycles. The number of aryl methyl sites for hydroxylation is 2. The van der Waals surface area contributed by atoms with Gasteiger partial charge >= 0.3 is 0 Å². The lowest BCUT2D eigenvalue weighted by molar-refractivity contribution is -0.383. The highest BCUT2D eigenvalue weighted by Gasteiger charge is 2.15. The molecule has 0 unspecified atom stereocenters. The van der Waals surface area contributed by atoms with Crippen LogP contribution in [-0.4, -0.2) is 4.92 Å². The van der Waals surface area contributed by atoms with Crippen molar-refractivity contribution in [2.24, 2.45) is 0 Å². The number of nitro benzene ring substituents is 1. The predicted molar refractivity (Wildman–Crippen MR) is 67.2 cm³/mol. The van der Waals surface area contributed by atoms with E-state index in [9.17, 15) is 10.1 Å². The molecule has 1 aliphatic carbocycles. The van der Waals surface area contributed by atoms with Crippen LogP contribution in [0.3, 0.4) is 0 Å². The van der Waals surface area contributed by atoms with E-state index in [2.05, 4.69) is 6.07 Å². The van der Waals surface area contributed by atoms with Crippen molar-refractivity contribution in [3.05, 3.63) is 51.6 Å². The van der Waals surface area contributed by atoms with Crippen molar-refractivity contribution in [2.45, 2.75) is 25.7 Å². The van der Waals surface area contributed by atoms with E-state index in [-0.39, 0.29) is 10.6 Å². The first kappa shape index (κ1) is 10.3. The minimum atomic E-state index is -0.294. The van der Waals surface area contributed by atoms with Gasteiger partial charge in [-0.2, -0.15) is 0 Å². The third kappa shape index (κ3) is 1.68. The van der Waals surface area contributed by atoms with Crippen LogP contribution in [0.15, 0.2) is 30.3 Å². The van der Waals surface area contributed by atoms with Crippen LogP contribution in [0.25, 0.3) is 10.8 Å². The number of rotatable bonds is 1. The third-order valence-corrected chi connectivity index (χ3v) is 3.52. The van der Waals surface area contributed by atoms with Crippen LogP contribution < -0.4 is 0 Å². The van der Waals surface area contributed by atoms with Crippen molar-refractivity contribution in [3.63, 3.8) is 0 Å². The fourth-order valence-corrected chi connectivity index (χ4v) is 2.66. The Labute approximate surface area is 99.2 Å². The molecule has 0 spiro atoms. The lowest BCUT2D eigenvalue weighted by atomic mass is 9.89. The molecule has 2 aromatic rings. The minimum absolute atomic E-state index is 0.218. The Morgan fingerprint density at radius 3 is 2.47 bits per heavy atom. The quantitative estimate of drug-likeness (QED) is 0.551. The van der Waals surface area contributed by atoms with Crippen molar-refractivity contribution in [1.29, 1.82) is 0 Å². The van der Waals surface area contributed by atoms with Gasteiger partial charge in [0.2, 0.25) is 0 Å². The summed E-state index contributed by atoms with van der Waals surface area (Å²) < 4.78 is 0. The van der Waals surface area contributed by atoms with Gasteiger partial charge in [-0.1, -0.05) is 18.2 Å². The van der Waals surface area contributed by atoms with Gasteiger partial charge in [0, 0.05) is 6.07 Å². The maximum atomic E-state index is 11.0. The van der Waals surface area contributed by atoms with Gasteiger partial charge in [-0.05, 0) is 48.3 Å². The van der Waals surface area contributed by atoms with Crippen LogP contribution in [-0.2, 0) is 12.8 Å². The maximum Gasteiger partial charge on any atom is 0.277 e. The summed E-state index contributed by atoms with van der Waals surface area (Å²) >= 11 is 0. The van der Waals surface area contributed by atoms with Gasteiger partial charge < -0.3 is 0 Å². The van der Waals surface area contributed by atoms with E-state index >= 15 is 0 Å². The van der Waals surface area contributed by atoms with Crippen LogP contribution in [0.4, 0.5) is 5.69 Å². The SMILES string of the molecule is O=[N+]([O-])c1cccc2cc3c(cc12)CCCC3. The van der Waals surface area contributed by atoms with Crippen LogP contribution in [0.5, 0.6) is 0 Å². The Kier molecular flexibility index (Phi) is 2.32. The number of hydrogen-bond donors (Lipinski definition) is 0. The van der Waals surface area contributed by atoms with E-state index < -0.39 is 0 Å². The normalized spacial score (nSPS) is 14.6. The number of nitrogens with zero attached hydrogens (tertiary/aromatic N) is 1. The third-order valence-electron chi connectivity index (χ3n) is 3.52. The monoisotopic (exact) mass is 227 g/mol. The molecular formula is C14H13NO2. The molecule has 0 N–H and O–H groups in total. The molecule has 3 heteroatoms. The molecule has 0 amide bonds. The zero-order chi connectivity index (χ0) is 11.8. The standard InChI is InChI=1S/C14H13NO2/c16-15(17)14-7-3-6-12-8-10-4-1-2-5-11(10)9-13(12)14/h3,6-9H,1-2,4-5H2. The molecule has 0 heterocycles. The van der Waals surface area contributed by atoms with Crippen molar-refractivity contribution in [2.75, 3.05) is 0 Å². The summed E-state index contributed by atoms with van der Waals surface area (Å²) in [7, 11) is 0. The number of non-ortho nitro benzene ring substituents is 1. The van der Waals surface area contributed by atoms with Gasteiger partial charge in [-0.25, -0.2) is 0 Å². The summed E-state index contributed by atoms with van der Waals surface area (Å²) in [6.45, 7) is 0. The minimum Gasteiger partial charge on any atom is -0.258 e. The molecule has 86 valence electrons. The molecule has 1 aliphatic rings. The number of nitro groups is 1. The van der Waals surface area contributed by atoms with Gasteiger partial charge in [-0.15, -0.1) is 0 Å².